The number of rotatable bonds is 6. The molecule has 1 saturated heterocycles. The Morgan fingerprint density at radius 1 is 1.22 bits per heavy atom. The first kappa shape index (κ1) is 23.8. The van der Waals surface area contributed by atoms with Crippen LogP contribution in [-0.2, 0) is 19.6 Å². The Morgan fingerprint density at radius 2 is 1.88 bits per heavy atom. The number of cyclic esters (lactones) is 1. The van der Waals surface area contributed by atoms with E-state index in [0.717, 1.165) is 10.6 Å². The molecule has 2 heterocycles. The van der Waals surface area contributed by atoms with Gasteiger partial charge in [0.2, 0.25) is 16.0 Å². The van der Waals surface area contributed by atoms with Gasteiger partial charge in [-0.15, -0.1) is 0 Å². The molecule has 0 bridgehead atoms. The van der Waals surface area contributed by atoms with Crippen LogP contribution < -0.4 is 4.31 Å². The van der Waals surface area contributed by atoms with Gasteiger partial charge in [0, 0.05) is 24.6 Å². The second-order valence-corrected chi connectivity index (χ2v) is 10.0. The van der Waals surface area contributed by atoms with E-state index in [1.807, 2.05) is 13.8 Å². The van der Waals surface area contributed by atoms with Gasteiger partial charge in [-0.05, 0) is 36.3 Å². The lowest BCUT2D eigenvalue weighted by Gasteiger charge is -2.23. The van der Waals surface area contributed by atoms with Gasteiger partial charge in [-0.3, -0.25) is 4.79 Å². The molecule has 0 N–H and O–H groups in total. The molecule has 0 aliphatic carbocycles. The van der Waals surface area contributed by atoms with Gasteiger partial charge in [0.25, 0.3) is 0 Å². The van der Waals surface area contributed by atoms with E-state index in [-0.39, 0.29) is 24.7 Å². The molecule has 1 aliphatic heterocycles. The molecule has 2 atom stereocenters. The Balaban J connectivity index is 2.17. The summed E-state index contributed by atoms with van der Waals surface area (Å²) in [5.41, 5.74) is 2.01. The van der Waals surface area contributed by atoms with Gasteiger partial charge in [-0.1, -0.05) is 19.9 Å². The molecule has 172 valence electrons. The average molecular weight is 466 g/mol. The largest absolute Gasteiger partial charge is 0.458 e. The van der Waals surface area contributed by atoms with Crippen LogP contribution in [-0.4, -0.2) is 49.9 Å². The van der Waals surface area contributed by atoms with Gasteiger partial charge in [0.05, 0.1) is 24.1 Å². The Kier molecular flexibility index (Phi) is 6.92. The Morgan fingerprint density at radius 3 is 2.44 bits per heavy atom. The summed E-state index contributed by atoms with van der Waals surface area (Å²) >= 11 is 0. The molecule has 1 aromatic heterocycles. The lowest BCUT2D eigenvalue weighted by molar-refractivity contribution is -0.154. The van der Waals surface area contributed by atoms with Crippen molar-refractivity contribution in [1.82, 2.24) is 9.97 Å². The molecule has 1 aliphatic rings. The topological polar surface area (TPSA) is 89.5 Å². The fourth-order valence-electron chi connectivity index (χ4n) is 3.30. The van der Waals surface area contributed by atoms with Crippen LogP contribution in [0.4, 0.5) is 14.7 Å². The Bertz CT molecular complexity index is 1130. The number of halogens is 2. The molecule has 0 unspecified atom stereocenters. The fourth-order valence-corrected chi connectivity index (χ4v) is 3.68. The van der Waals surface area contributed by atoms with Crippen molar-refractivity contribution < 1.29 is 26.7 Å². The predicted molar refractivity (Wildman–Crippen MR) is 118 cm³/mol. The summed E-state index contributed by atoms with van der Waals surface area (Å²) in [7, 11) is -2.28. The number of esters is 1. The van der Waals surface area contributed by atoms with Crippen molar-refractivity contribution in [2.75, 3.05) is 17.6 Å². The van der Waals surface area contributed by atoms with E-state index >= 15 is 0 Å². The average Bonchev–Trinajstić information content (AvgIpc) is 2.70. The summed E-state index contributed by atoms with van der Waals surface area (Å²) in [6.07, 6.45) is 2.01. The van der Waals surface area contributed by atoms with Crippen molar-refractivity contribution in [3.8, 4) is 11.3 Å². The van der Waals surface area contributed by atoms with Crippen LogP contribution in [0, 0.1) is 5.82 Å². The maximum atomic E-state index is 13.8. The number of nitrogens with zero attached hydrogens (tertiary/aromatic N) is 3. The molecule has 1 aromatic carbocycles. The van der Waals surface area contributed by atoms with Gasteiger partial charge >= 0.3 is 5.97 Å². The third kappa shape index (κ3) is 5.48. The van der Waals surface area contributed by atoms with Crippen molar-refractivity contribution in [3.63, 3.8) is 0 Å². The number of anilines is 1. The normalized spacial score (nSPS) is 19.4. The van der Waals surface area contributed by atoms with Crippen molar-refractivity contribution in [1.29, 1.82) is 0 Å². The van der Waals surface area contributed by atoms with Crippen molar-refractivity contribution >= 4 is 28.0 Å². The highest BCUT2D eigenvalue weighted by molar-refractivity contribution is 7.92. The van der Waals surface area contributed by atoms with Gasteiger partial charge < -0.3 is 4.74 Å². The Hall–Kier alpha value is -2.88. The molecule has 0 spiro atoms. The predicted octanol–water partition coefficient (Wildman–Crippen LogP) is 3.86. The lowest BCUT2D eigenvalue weighted by Crippen LogP contribution is -2.29. The minimum atomic E-state index is -3.63. The van der Waals surface area contributed by atoms with Crippen LogP contribution in [0.1, 0.15) is 43.9 Å². The fraction of sp³-hybridized carbons (Fsp3) is 0.409. The standard InChI is InChI=1S/C22H25F2N3O4S/c1-13(2)20-18(10-9-17-11-16(24)12-19(28)31-17)21(14-5-7-15(23)8-6-14)26-22(25-20)27(3)32(4,29)30/h5-10,13,16-17H,11-12H2,1-4H3/b10-9+/t16-,17-/m0/s1. The number of carbonyl (C=O) groups is 1. The van der Waals surface area contributed by atoms with Crippen LogP contribution in [0.3, 0.4) is 0 Å². The van der Waals surface area contributed by atoms with E-state index in [1.54, 1.807) is 12.2 Å². The van der Waals surface area contributed by atoms with E-state index < -0.39 is 34.1 Å². The third-order valence-corrected chi connectivity index (χ3v) is 6.20. The van der Waals surface area contributed by atoms with E-state index in [2.05, 4.69) is 9.97 Å². The zero-order chi connectivity index (χ0) is 23.6. The number of ether oxygens (including phenoxy) is 1. The van der Waals surface area contributed by atoms with Gasteiger partial charge in [-0.25, -0.2) is 31.5 Å². The summed E-state index contributed by atoms with van der Waals surface area (Å²) in [5.74, 6) is -1.20. The smallest absolute Gasteiger partial charge is 0.309 e. The first-order chi connectivity index (χ1) is 15.0. The number of sulfonamides is 1. The summed E-state index contributed by atoms with van der Waals surface area (Å²) in [5, 5.41) is 0. The minimum Gasteiger partial charge on any atom is -0.458 e. The lowest BCUT2D eigenvalue weighted by atomic mass is 9.97. The van der Waals surface area contributed by atoms with Crippen LogP contribution in [0.2, 0.25) is 0 Å². The molecule has 0 saturated carbocycles. The molecular formula is C22H25F2N3O4S. The number of aromatic nitrogens is 2. The van der Waals surface area contributed by atoms with Crippen LogP contribution in [0.15, 0.2) is 30.3 Å². The number of hydrogen-bond donors (Lipinski definition) is 0. The molecule has 0 amide bonds. The second-order valence-electron chi connectivity index (χ2n) is 7.99. The highest BCUT2D eigenvalue weighted by Gasteiger charge is 2.27. The molecule has 10 heteroatoms. The quantitative estimate of drug-likeness (QED) is 0.602. The first-order valence-electron chi connectivity index (χ1n) is 10.1. The summed E-state index contributed by atoms with van der Waals surface area (Å²) in [4.78, 5) is 20.5. The van der Waals surface area contributed by atoms with Crippen LogP contribution in [0.5, 0.6) is 0 Å². The maximum Gasteiger partial charge on any atom is 0.309 e. The maximum absolute atomic E-state index is 13.8. The van der Waals surface area contributed by atoms with E-state index in [0.29, 0.717) is 22.5 Å². The van der Waals surface area contributed by atoms with E-state index in [1.165, 1.54) is 31.3 Å². The summed E-state index contributed by atoms with van der Waals surface area (Å²) in [6.45, 7) is 3.77. The monoisotopic (exact) mass is 465 g/mol. The van der Waals surface area contributed by atoms with Crippen LogP contribution in [0.25, 0.3) is 17.3 Å². The number of hydrogen-bond acceptors (Lipinski definition) is 6. The number of alkyl halides is 1. The highest BCUT2D eigenvalue weighted by Crippen LogP contribution is 2.32. The third-order valence-electron chi connectivity index (χ3n) is 5.04. The van der Waals surface area contributed by atoms with Crippen molar-refractivity contribution in [3.05, 3.63) is 47.4 Å². The number of carbonyl (C=O) groups excluding carboxylic acids is 1. The molecule has 3 rings (SSSR count). The summed E-state index contributed by atoms with van der Waals surface area (Å²) in [6, 6.07) is 5.61. The zero-order valence-corrected chi connectivity index (χ0v) is 19.1. The van der Waals surface area contributed by atoms with E-state index in [9.17, 15) is 22.0 Å². The van der Waals surface area contributed by atoms with Gasteiger partial charge in [0.15, 0.2) is 0 Å². The second kappa shape index (κ2) is 9.32. The molecule has 7 nitrogen and oxygen atoms in total. The van der Waals surface area contributed by atoms with Gasteiger partial charge in [0.1, 0.15) is 18.1 Å². The van der Waals surface area contributed by atoms with Crippen LogP contribution >= 0.6 is 0 Å². The molecular weight excluding hydrogens is 440 g/mol. The number of benzene rings is 1. The molecule has 32 heavy (non-hydrogen) atoms. The molecule has 0 radical (unpaired) electrons. The Labute approximate surface area is 186 Å². The molecule has 2 aromatic rings. The van der Waals surface area contributed by atoms with Crippen molar-refractivity contribution in [2.45, 2.75) is 44.9 Å². The van der Waals surface area contributed by atoms with Gasteiger partial charge in [-0.2, -0.15) is 0 Å². The molecule has 1 fully saturated rings. The summed E-state index contributed by atoms with van der Waals surface area (Å²) < 4.78 is 57.7. The minimum absolute atomic E-state index is 0.0272. The highest BCUT2D eigenvalue weighted by atomic mass is 32.2. The zero-order valence-electron chi connectivity index (χ0n) is 18.2. The van der Waals surface area contributed by atoms with E-state index in [4.69, 9.17) is 4.74 Å². The SMILES string of the molecule is CC(C)c1nc(N(C)S(C)(=O)=O)nc(-c2ccc(F)cc2)c1/C=C/[C@H]1C[C@H](F)CC(=O)O1. The van der Waals surface area contributed by atoms with Crippen molar-refractivity contribution in [2.24, 2.45) is 0 Å². The first-order valence-corrected chi connectivity index (χ1v) is 11.9.